The van der Waals surface area contributed by atoms with Gasteiger partial charge in [0.05, 0.1) is 0 Å². The lowest BCUT2D eigenvalue weighted by atomic mass is 9.93. The number of hydrogen-bond donors (Lipinski definition) is 2. The number of anilines is 1. The van der Waals surface area contributed by atoms with Crippen LogP contribution in [0.3, 0.4) is 0 Å². The van der Waals surface area contributed by atoms with Gasteiger partial charge in [-0.1, -0.05) is 35.9 Å². The number of nitrogens with zero attached hydrogens (tertiary/aromatic N) is 1. The highest BCUT2D eigenvalue weighted by atomic mass is 35.5. The van der Waals surface area contributed by atoms with Crippen LogP contribution < -0.4 is 15.4 Å². The van der Waals surface area contributed by atoms with E-state index in [4.69, 9.17) is 16.3 Å². The molecule has 4 rings (SSSR count). The van der Waals surface area contributed by atoms with E-state index in [9.17, 15) is 9.59 Å². The van der Waals surface area contributed by atoms with Gasteiger partial charge >= 0.3 is 0 Å². The molecule has 0 fully saturated rings. The zero-order valence-corrected chi connectivity index (χ0v) is 18.0. The van der Waals surface area contributed by atoms with E-state index >= 15 is 0 Å². The Bertz CT molecular complexity index is 1160. The summed E-state index contributed by atoms with van der Waals surface area (Å²) in [6, 6.07) is 16.8. The Hall–Kier alpha value is -3.38. The first kappa shape index (κ1) is 20.9. The highest BCUT2D eigenvalue weighted by molar-refractivity contribution is 6.30. The second-order valence-corrected chi connectivity index (χ2v) is 8.16. The van der Waals surface area contributed by atoms with Crippen molar-refractivity contribution in [3.8, 4) is 17.0 Å². The van der Waals surface area contributed by atoms with Gasteiger partial charge in [-0.2, -0.15) is 0 Å². The standard InChI is InChI=1S/C24H22ClN3O3/c1-15(29)28-19-8-4-6-17(12-19)20-9-10-26-22-21(20)13-24(2,31-22)23(30)27-14-16-5-3-7-18(25)11-16/h3-12H,13-14H2,1-2H3,(H,27,30)(H,28,29). The van der Waals surface area contributed by atoms with Gasteiger partial charge in [0.15, 0.2) is 5.60 Å². The third kappa shape index (κ3) is 4.54. The molecular formula is C24H22ClN3O3. The molecule has 1 unspecified atom stereocenters. The molecule has 2 heterocycles. The van der Waals surface area contributed by atoms with E-state index in [1.54, 1.807) is 19.2 Å². The van der Waals surface area contributed by atoms with Gasteiger partial charge in [0.1, 0.15) is 0 Å². The second kappa shape index (κ2) is 8.40. The fraction of sp³-hybridized carbons (Fsp3) is 0.208. The molecule has 0 spiro atoms. The SMILES string of the molecule is CC(=O)Nc1cccc(-c2ccnc3c2CC(C)(C(=O)NCc2cccc(Cl)c2)O3)c1. The molecule has 0 radical (unpaired) electrons. The number of nitrogens with one attached hydrogen (secondary N) is 2. The van der Waals surface area contributed by atoms with Gasteiger partial charge in [0.2, 0.25) is 11.8 Å². The van der Waals surface area contributed by atoms with Crippen molar-refractivity contribution in [2.75, 3.05) is 5.32 Å². The molecule has 2 aromatic carbocycles. The van der Waals surface area contributed by atoms with Crippen LogP contribution in [0.5, 0.6) is 5.88 Å². The Morgan fingerprint density at radius 2 is 1.97 bits per heavy atom. The van der Waals surface area contributed by atoms with Gasteiger partial charge in [-0.05, 0) is 53.9 Å². The average Bonchev–Trinajstić information content (AvgIpc) is 3.09. The monoisotopic (exact) mass is 435 g/mol. The topological polar surface area (TPSA) is 80.3 Å². The number of fused-ring (bicyclic) bond motifs is 1. The Morgan fingerprint density at radius 3 is 2.74 bits per heavy atom. The molecule has 3 aromatic rings. The summed E-state index contributed by atoms with van der Waals surface area (Å²) in [7, 11) is 0. The maximum absolute atomic E-state index is 13.0. The van der Waals surface area contributed by atoms with Crippen molar-refractivity contribution < 1.29 is 14.3 Å². The molecule has 6 nitrogen and oxygen atoms in total. The number of aromatic nitrogens is 1. The first-order chi connectivity index (χ1) is 14.8. The molecule has 1 aliphatic heterocycles. The van der Waals surface area contributed by atoms with E-state index in [0.717, 1.165) is 22.3 Å². The minimum atomic E-state index is -1.07. The summed E-state index contributed by atoms with van der Waals surface area (Å²) in [6.07, 6.45) is 2.05. The number of halogens is 1. The number of ether oxygens (including phenoxy) is 1. The van der Waals surface area contributed by atoms with Gasteiger partial charge in [-0.3, -0.25) is 9.59 Å². The molecule has 2 amide bonds. The Kier molecular flexibility index (Phi) is 5.65. The summed E-state index contributed by atoms with van der Waals surface area (Å²) in [6.45, 7) is 3.59. The quantitative estimate of drug-likeness (QED) is 0.623. The maximum Gasteiger partial charge on any atom is 0.264 e. The minimum Gasteiger partial charge on any atom is -0.461 e. The van der Waals surface area contributed by atoms with Crippen LogP contribution >= 0.6 is 11.6 Å². The summed E-state index contributed by atoms with van der Waals surface area (Å²) in [5.74, 6) is 0.0932. The number of carbonyl (C=O) groups excluding carboxylic acids is 2. The van der Waals surface area contributed by atoms with Gasteiger partial charge in [0, 0.05) is 42.4 Å². The summed E-state index contributed by atoms with van der Waals surface area (Å²) < 4.78 is 6.01. The third-order valence-electron chi connectivity index (χ3n) is 5.17. The lowest BCUT2D eigenvalue weighted by molar-refractivity contribution is -0.134. The van der Waals surface area contributed by atoms with Gasteiger partial charge in [0.25, 0.3) is 5.91 Å². The van der Waals surface area contributed by atoms with Crippen LogP contribution in [0.15, 0.2) is 60.8 Å². The predicted octanol–water partition coefficient (Wildman–Crippen LogP) is 4.37. The molecular weight excluding hydrogens is 414 g/mol. The van der Waals surface area contributed by atoms with Gasteiger partial charge in [-0.15, -0.1) is 0 Å². The van der Waals surface area contributed by atoms with Crippen LogP contribution in [0.25, 0.3) is 11.1 Å². The average molecular weight is 436 g/mol. The van der Waals surface area contributed by atoms with Crippen molar-refractivity contribution in [2.45, 2.75) is 32.4 Å². The predicted molar refractivity (Wildman–Crippen MR) is 120 cm³/mol. The van der Waals surface area contributed by atoms with Gasteiger partial charge in [-0.25, -0.2) is 4.98 Å². The van der Waals surface area contributed by atoms with E-state index in [1.165, 1.54) is 6.92 Å². The smallest absolute Gasteiger partial charge is 0.264 e. The van der Waals surface area contributed by atoms with E-state index in [1.807, 2.05) is 48.5 Å². The molecule has 7 heteroatoms. The zero-order valence-electron chi connectivity index (χ0n) is 17.2. The molecule has 0 bridgehead atoms. The number of amides is 2. The molecule has 1 atom stereocenters. The van der Waals surface area contributed by atoms with Crippen molar-refractivity contribution in [3.05, 3.63) is 76.9 Å². The molecule has 1 aliphatic rings. The Labute approximate surface area is 185 Å². The summed E-state index contributed by atoms with van der Waals surface area (Å²) >= 11 is 6.02. The van der Waals surface area contributed by atoms with Crippen molar-refractivity contribution in [3.63, 3.8) is 0 Å². The van der Waals surface area contributed by atoms with Crippen molar-refractivity contribution in [1.29, 1.82) is 0 Å². The van der Waals surface area contributed by atoms with E-state index in [-0.39, 0.29) is 11.8 Å². The number of carbonyl (C=O) groups is 2. The van der Waals surface area contributed by atoms with Gasteiger partial charge < -0.3 is 15.4 Å². The molecule has 1 aromatic heterocycles. The van der Waals surface area contributed by atoms with Crippen molar-refractivity contribution in [2.24, 2.45) is 0 Å². The fourth-order valence-corrected chi connectivity index (χ4v) is 3.91. The van der Waals surface area contributed by atoms with Crippen LogP contribution in [0.4, 0.5) is 5.69 Å². The number of benzene rings is 2. The first-order valence-corrected chi connectivity index (χ1v) is 10.3. The normalized spacial score (nSPS) is 16.9. The van der Waals surface area contributed by atoms with Crippen molar-refractivity contribution >= 4 is 29.1 Å². The number of rotatable bonds is 5. The van der Waals surface area contributed by atoms with Crippen LogP contribution in [0.2, 0.25) is 5.02 Å². The number of pyridine rings is 1. The fourth-order valence-electron chi connectivity index (χ4n) is 3.70. The van der Waals surface area contributed by atoms with Crippen LogP contribution in [0, 0.1) is 0 Å². The molecule has 0 saturated carbocycles. The molecule has 31 heavy (non-hydrogen) atoms. The summed E-state index contributed by atoms with van der Waals surface area (Å²) in [4.78, 5) is 28.7. The van der Waals surface area contributed by atoms with E-state index < -0.39 is 5.60 Å². The highest BCUT2D eigenvalue weighted by Gasteiger charge is 2.43. The molecule has 0 saturated heterocycles. The summed E-state index contributed by atoms with van der Waals surface area (Å²) in [5, 5.41) is 6.35. The van der Waals surface area contributed by atoms with Crippen molar-refractivity contribution in [1.82, 2.24) is 10.3 Å². The molecule has 2 N–H and O–H groups in total. The van der Waals surface area contributed by atoms with E-state index in [0.29, 0.717) is 29.6 Å². The first-order valence-electron chi connectivity index (χ1n) is 9.92. The zero-order chi connectivity index (χ0) is 22.0. The lowest BCUT2D eigenvalue weighted by Gasteiger charge is -2.22. The van der Waals surface area contributed by atoms with Crippen LogP contribution in [0.1, 0.15) is 25.0 Å². The van der Waals surface area contributed by atoms with E-state index in [2.05, 4.69) is 15.6 Å². The minimum absolute atomic E-state index is 0.135. The lowest BCUT2D eigenvalue weighted by Crippen LogP contribution is -2.47. The maximum atomic E-state index is 13.0. The second-order valence-electron chi connectivity index (χ2n) is 7.73. The summed E-state index contributed by atoms with van der Waals surface area (Å²) in [5.41, 5.74) is 3.24. The third-order valence-corrected chi connectivity index (χ3v) is 5.40. The number of hydrogen-bond acceptors (Lipinski definition) is 4. The van der Waals surface area contributed by atoms with Crippen LogP contribution in [-0.2, 0) is 22.6 Å². The Morgan fingerprint density at radius 1 is 1.16 bits per heavy atom. The molecule has 158 valence electrons. The Balaban J connectivity index is 1.55. The highest BCUT2D eigenvalue weighted by Crippen LogP contribution is 2.40. The largest absolute Gasteiger partial charge is 0.461 e. The van der Waals surface area contributed by atoms with Crippen LogP contribution in [-0.4, -0.2) is 22.4 Å². The molecule has 0 aliphatic carbocycles.